The molecule has 0 amide bonds. The van der Waals surface area contributed by atoms with Crippen LogP contribution in [0.5, 0.6) is 0 Å². The topological polar surface area (TPSA) is 55.6 Å². The molecule has 1 fully saturated rings. The Kier molecular flexibility index (Phi) is 4.35. The first-order chi connectivity index (χ1) is 6.63. The first kappa shape index (κ1) is 11.5. The van der Waals surface area contributed by atoms with Gasteiger partial charge in [0.25, 0.3) is 0 Å². The Morgan fingerprint density at radius 3 is 2.71 bits per heavy atom. The Labute approximate surface area is 85.4 Å². The van der Waals surface area contributed by atoms with E-state index in [1.54, 1.807) is 0 Å². The molecular formula is C10H20N2O2. The van der Waals surface area contributed by atoms with E-state index >= 15 is 0 Å². The minimum Gasteiger partial charge on any atom is -0.468 e. The van der Waals surface area contributed by atoms with Crippen molar-refractivity contribution in [2.45, 2.75) is 25.3 Å². The summed E-state index contributed by atoms with van der Waals surface area (Å²) in [5.41, 5.74) is 5.65. The monoisotopic (exact) mass is 200 g/mol. The highest BCUT2D eigenvalue weighted by molar-refractivity contribution is 5.75. The van der Waals surface area contributed by atoms with Crippen LogP contribution in [0.1, 0.15) is 19.3 Å². The number of hydrogen-bond acceptors (Lipinski definition) is 4. The molecule has 1 saturated carbocycles. The van der Waals surface area contributed by atoms with E-state index in [4.69, 9.17) is 5.73 Å². The number of rotatable bonds is 5. The number of carbonyl (C=O) groups excluding carboxylic acids is 1. The van der Waals surface area contributed by atoms with Crippen LogP contribution in [0, 0.1) is 5.92 Å². The zero-order chi connectivity index (χ0) is 10.6. The largest absolute Gasteiger partial charge is 0.468 e. The second kappa shape index (κ2) is 5.32. The summed E-state index contributed by atoms with van der Waals surface area (Å²) in [6.45, 7) is 1.63. The van der Waals surface area contributed by atoms with Crippen molar-refractivity contribution in [2.24, 2.45) is 11.7 Å². The summed E-state index contributed by atoms with van der Waals surface area (Å²) in [5.74, 6) is 0.482. The maximum absolute atomic E-state index is 11.0. The van der Waals surface area contributed by atoms with Crippen LogP contribution in [0.2, 0.25) is 0 Å². The van der Waals surface area contributed by atoms with Crippen LogP contribution < -0.4 is 5.73 Å². The van der Waals surface area contributed by atoms with Gasteiger partial charge in [-0.2, -0.15) is 0 Å². The second-order valence-electron chi connectivity index (χ2n) is 4.15. The van der Waals surface area contributed by atoms with Crippen molar-refractivity contribution < 1.29 is 9.53 Å². The van der Waals surface area contributed by atoms with Crippen molar-refractivity contribution in [2.75, 3.05) is 27.2 Å². The molecule has 0 aromatic heterocycles. The van der Waals surface area contributed by atoms with Gasteiger partial charge in [0.05, 0.1) is 7.11 Å². The van der Waals surface area contributed by atoms with Gasteiger partial charge in [0.2, 0.25) is 0 Å². The highest BCUT2D eigenvalue weighted by Crippen LogP contribution is 2.26. The maximum Gasteiger partial charge on any atom is 0.323 e. The number of nitrogens with zero attached hydrogens (tertiary/aromatic N) is 1. The number of ether oxygens (including phenoxy) is 1. The predicted octanol–water partition coefficient (Wildman–Crippen LogP) is 0.219. The van der Waals surface area contributed by atoms with Crippen LogP contribution in [0.15, 0.2) is 0 Å². The lowest BCUT2D eigenvalue weighted by Gasteiger charge is -2.30. The molecule has 14 heavy (non-hydrogen) atoms. The standard InChI is InChI=1S/C10H20N2O2/c1-12(6-8-4-3-5-8)7-9(11)10(13)14-2/h8-9H,3-7,11H2,1-2H3. The van der Waals surface area contributed by atoms with Gasteiger partial charge in [0, 0.05) is 13.1 Å². The van der Waals surface area contributed by atoms with E-state index in [2.05, 4.69) is 9.64 Å². The van der Waals surface area contributed by atoms with E-state index < -0.39 is 6.04 Å². The summed E-state index contributed by atoms with van der Waals surface area (Å²) in [6, 6.07) is -0.509. The van der Waals surface area contributed by atoms with Crippen LogP contribution in [0.4, 0.5) is 0 Å². The number of esters is 1. The lowest BCUT2D eigenvalue weighted by molar-refractivity contribution is -0.142. The van der Waals surface area contributed by atoms with Gasteiger partial charge in [0.15, 0.2) is 0 Å². The normalized spacial score (nSPS) is 19.1. The summed E-state index contributed by atoms with van der Waals surface area (Å²) in [6.07, 6.45) is 3.98. The Bertz CT molecular complexity index is 193. The van der Waals surface area contributed by atoms with Gasteiger partial charge < -0.3 is 15.4 Å². The molecule has 0 spiro atoms. The third kappa shape index (κ3) is 3.27. The van der Waals surface area contributed by atoms with Crippen molar-refractivity contribution in [3.8, 4) is 0 Å². The van der Waals surface area contributed by atoms with Gasteiger partial charge in [-0.25, -0.2) is 0 Å². The molecule has 0 aromatic carbocycles. The van der Waals surface area contributed by atoms with Gasteiger partial charge >= 0.3 is 5.97 Å². The van der Waals surface area contributed by atoms with Crippen LogP contribution in [0.3, 0.4) is 0 Å². The molecule has 1 unspecified atom stereocenters. The number of hydrogen-bond donors (Lipinski definition) is 1. The molecule has 82 valence electrons. The lowest BCUT2D eigenvalue weighted by atomic mass is 9.85. The zero-order valence-electron chi connectivity index (χ0n) is 9.03. The molecule has 1 atom stereocenters. The van der Waals surface area contributed by atoms with Gasteiger partial charge in [-0.1, -0.05) is 6.42 Å². The van der Waals surface area contributed by atoms with Crippen molar-refractivity contribution in [1.29, 1.82) is 0 Å². The number of methoxy groups -OCH3 is 1. The fraction of sp³-hybridized carbons (Fsp3) is 0.900. The van der Waals surface area contributed by atoms with E-state index in [1.807, 2.05) is 7.05 Å². The van der Waals surface area contributed by atoms with Crippen molar-refractivity contribution in [1.82, 2.24) is 4.90 Å². The van der Waals surface area contributed by atoms with Crippen LogP contribution in [0.25, 0.3) is 0 Å². The van der Waals surface area contributed by atoms with E-state index in [-0.39, 0.29) is 5.97 Å². The van der Waals surface area contributed by atoms with Gasteiger partial charge in [-0.15, -0.1) is 0 Å². The quantitative estimate of drug-likeness (QED) is 0.645. The molecule has 0 radical (unpaired) electrons. The zero-order valence-corrected chi connectivity index (χ0v) is 9.03. The molecule has 0 heterocycles. The Balaban J connectivity index is 2.17. The molecule has 1 aliphatic rings. The predicted molar refractivity (Wildman–Crippen MR) is 54.8 cm³/mol. The molecule has 0 bridgehead atoms. The molecule has 0 aliphatic heterocycles. The van der Waals surface area contributed by atoms with Crippen molar-refractivity contribution in [3.63, 3.8) is 0 Å². The van der Waals surface area contributed by atoms with Gasteiger partial charge in [0.1, 0.15) is 6.04 Å². The minimum atomic E-state index is -0.509. The fourth-order valence-electron chi connectivity index (χ4n) is 1.75. The smallest absolute Gasteiger partial charge is 0.323 e. The minimum absolute atomic E-state index is 0.328. The summed E-state index contributed by atoms with van der Waals surface area (Å²) >= 11 is 0. The summed E-state index contributed by atoms with van der Waals surface area (Å²) in [7, 11) is 3.37. The molecule has 0 saturated heterocycles. The number of carbonyl (C=O) groups is 1. The first-order valence-corrected chi connectivity index (χ1v) is 5.15. The summed E-state index contributed by atoms with van der Waals surface area (Å²) < 4.78 is 4.57. The van der Waals surface area contributed by atoms with Crippen molar-refractivity contribution in [3.05, 3.63) is 0 Å². The number of likely N-dealkylation sites (N-methyl/N-ethyl adjacent to an activating group) is 1. The average molecular weight is 200 g/mol. The van der Waals surface area contributed by atoms with E-state index in [0.29, 0.717) is 6.54 Å². The number of nitrogens with two attached hydrogens (primary N) is 1. The van der Waals surface area contributed by atoms with E-state index in [0.717, 1.165) is 12.5 Å². The first-order valence-electron chi connectivity index (χ1n) is 5.15. The Morgan fingerprint density at radius 1 is 1.64 bits per heavy atom. The Hall–Kier alpha value is -0.610. The SMILES string of the molecule is COC(=O)C(N)CN(C)CC1CCC1. The molecular weight excluding hydrogens is 180 g/mol. The highest BCUT2D eigenvalue weighted by atomic mass is 16.5. The third-order valence-corrected chi connectivity index (χ3v) is 2.81. The molecule has 1 rings (SSSR count). The van der Waals surface area contributed by atoms with Gasteiger partial charge in [-0.05, 0) is 25.8 Å². The molecule has 0 aromatic rings. The van der Waals surface area contributed by atoms with Crippen LogP contribution in [-0.4, -0.2) is 44.2 Å². The lowest BCUT2D eigenvalue weighted by Crippen LogP contribution is -2.43. The third-order valence-electron chi connectivity index (χ3n) is 2.81. The molecule has 4 heteroatoms. The summed E-state index contributed by atoms with van der Waals surface area (Å²) in [5, 5.41) is 0. The van der Waals surface area contributed by atoms with Crippen LogP contribution >= 0.6 is 0 Å². The highest BCUT2D eigenvalue weighted by Gasteiger charge is 2.21. The van der Waals surface area contributed by atoms with Crippen molar-refractivity contribution >= 4 is 5.97 Å². The Morgan fingerprint density at radius 2 is 2.29 bits per heavy atom. The van der Waals surface area contributed by atoms with E-state index in [1.165, 1.54) is 26.4 Å². The fourth-order valence-corrected chi connectivity index (χ4v) is 1.75. The maximum atomic E-state index is 11.0. The summed E-state index contributed by atoms with van der Waals surface area (Å²) in [4.78, 5) is 13.2. The molecule has 4 nitrogen and oxygen atoms in total. The average Bonchev–Trinajstić information content (AvgIpc) is 2.10. The van der Waals surface area contributed by atoms with E-state index in [9.17, 15) is 4.79 Å². The molecule has 2 N–H and O–H groups in total. The van der Waals surface area contributed by atoms with Gasteiger partial charge in [-0.3, -0.25) is 4.79 Å². The second-order valence-corrected chi connectivity index (χ2v) is 4.15. The van der Waals surface area contributed by atoms with Crippen LogP contribution in [-0.2, 0) is 9.53 Å². The molecule has 1 aliphatic carbocycles.